The first-order chi connectivity index (χ1) is 11.2. The van der Waals surface area contributed by atoms with Crippen molar-refractivity contribution >= 4 is 5.78 Å². The number of aliphatic hydroxyl groups is 1. The molecule has 0 aromatic heterocycles. The van der Waals surface area contributed by atoms with Crippen LogP contribution in [-0.2, 0) is 10.2 Å². The minimum atomic E-state index is -0.671. The average Bonchev–Trinajstić information content (AvgIpc) is 2.59. The number of para-hydroxylation sites is 2. The average molecular weight is 310 g/mol. The van der Waals surface area contributed by atoms with E-state index in [-0.39, 0.29) is 12.4 Å². The van der Waals surface area contributed by atoms with Crippen molar-refractivity contribution in [2.24, 2.45) is 0 Å². The number of ketones is 1. The molecule has 2 aromatic carbocycles. The third-order valence-corrected chi connectivity index (χ3v) is 4.58. The maximum atomic E-state index is 13.2. The number of hydrogen-bond acceptors (Lipinski definition) is 3. The first-order valence-corrected chi connectivity index (χ1v) is 8.25. The maximum absolute atomic E-state index is 13.2. The fourth-order valence-electron chi connectivity index (χ4n) is 3.62. The number of carbonyl (C=O) groups excluding carboxylic acids is 1. The van der Waals surface area contributed by atoms with Crippen molar-refractivity contribution in [2.45, 2.75) is 38.0 Å². The van der Waals surface area contributed by atoms with Crippen LogP contribution in [-0.4, -0.2) is 17.5 Å². The number of carbonyl (C=O) groups is 1. The topological polar surface area (TPSA) is 46.5 Å². The van der Waals surface area contributed by atoms with Crippen molar-refractivity contribution < 1.29 is 14.6 Å². The summed E-state index contributed by atoms with van der Waals surface area (Å²) in [6.45, 7) is 2.13. The van der Waals surface area contributed by atoms with Crippen molar-refractivity contribution in [3.05, 3.63) is 59.7 Å². The summed E-state index contributed by atoms with van der Waals surface area (Å²) in [6, 6.07) is 15.6. The van der Waals surface area contributed by atoms with E-state index in [2.05, 4.69) is 6.92 Å². The standard InChI is InChI=1S/C20H22O3/c1-2-13-20(19(22)12-7-14-21)15-8-3-5-10-17(15)23-18-11-6-4-9-16(18)20/h3-6,8-11,21H,2,7,12-14H2,1H3. The minimum Gasteiger partial charge on any atom is -0.457 e. The van der Waals surface area contributed by atoms with Gasteiger partial charge in [0.25, 0.3) is 0 Å². The molecule has 0 atom stereocenters. The number of rotatable bonds is 6. The molecule has 120 valence electrons. The molecule has 0 amide bonds. The van der Waals surface area contributed by atoms with Crippen LogP contribution in [0.4, 0.5) is 0 Å². The van der Waals surface area contributed by atoms with Crippen LogP contribution in [0.25, 0.3) is 0 Å². The summed E-state index contributed by atoms with van der Waals surface area (Å²) in [5.74, 6) is 1.69. The van der Waals surface area contributed by atoms with E-state index in [1.54, 1.807) is 0 Å². The van der Waals surface area contributed by atoms with Gasteiger partial charge >= 0.3 is 0 Å². The molecular formula is C20H22O3. The van der Waals surface area contributed by atoms with E-state index in [4.69, 9.17) is 9.84 Å². The number of Topliss-reactive ketones (excluding diaryl/α,β-unsaturated/α-hetero) is 1. The van der Waals surface area contributed by atoms with Crippen molar-refractivity contribution in [2.75, 3.05) is 6.61 Å². The molecule has 1 N–H and O–H groups in total. The third-order valence-electron chi connectivity index (χ3n) is 4.58. The SMILES string of the molecule is CCCC1(C(=O)CCCO)c2ccccc2Oc2ccccc21. The van der Waals surface area contributed by atoms with E-state index in [1.807, 2.05) is 48.5 Å². The molecular weight excluding hydrogens is 288 g/mol. The van der Waals surface area contributed by atoms with Gasteiger partial charge < -0.3 is 9.84 Å². The summed E-state index contributed by atoms with van der Waals surface area (Å²) in [6.07, 6.45) is 2.51. The highest BCUT2D eigenvalue weighted by atomic mass is 16.5. The zero-order valence-corrected chi connectivity index (χ0v) is 13.4. The molecule has 3 nitrogen and oxygen atoms in total. The Morgan fingerprint density at radius 3 is 2.13 bits per heavy atom. The molecule has 0 spiro atoms. The number of ether oxygens (including phenoxy) is 1. The predicted molar refractivity (Wildman–Crippen MR) is 90.0 cm³/mol. The molecule has 0 bridgehead atoms. The monoisotopic (exact) mass is 310 g/mol. The first kappa shape index (κ1) is 15.8. The van der Waals surface area contributed by atoms with Crippen LogP contribution in [0.5, 0.6) is 11.5 Å². The van der Waals surface area contributed by atoms with E-state index < -0.39 is 5.41 Å². The first-order valence-electron chi connectivity index (χ1n) is 8.25. The molecule has 3 rings (SSSR count). The zero-order valence-electron chi connectivity index (χ0n) is 13.4. The van der Waals surface area contributed by atoms with Crippen LogP contribution in [0.2, 0.25) is 0 Å². The van der Waals surface area contributed by atoms with Gasteiger partial charge in [0, 0.05) is 24.2 Å². The largest absolute Gasteiger partial charge is 0.457 e. The summed E-state index contributed by atoms with van der Waals surface area (Å²) >= 11 is 0. The molecule has 0 radical (unpaired) electrons. The highest BCUT2D eigenvalue weighted by molar-refractivity contribution is 5.96. The van der Waals surface area contributed by atoms with E-state index in [0.717, 1.165) is 35.5 Å². The fourth-order valence-corrected chi connectivity index (χ4v) is 3.62. The van der Waals surface area contributed by atoms with Gasteiger partial charge in [0.15, 0.2) is 0 Å². The van der Waals surface area contributed by atoms with Gasteiger partial charge in [-0.3, -0.25) is 4.79 Å². The van der Waals surface area contributed by atoms with Crippen molar-refractivity contribution in [1.82, 2.24) is 0 Å². The summed E-state index contributed by atoms with van der Waals surface area (Å²) in [5, 5.41) is 9.14. The summed E-state index contributed by atoms with van der Waals surface area (Å²) in [7, 11) is 0. The van der Waals surface area contributed by atoms with Gasteiger partial charge in [-0.2, -0.15) is 0 Å². The Morgan fingerprint density at radius 1 is 1.04 bits per heavy atom. The van der Waals surface area contributed by atoms with Crippen LogP contribution >= 0.6 is 0 Å². The van der Waals surface area contributed by atoms with Crippen molar-refractivity contribution in [1.29, 1.82) is 0 Å². The van der Waals surface area contributed by atoms with Gasteiger partial charge in [0.05, 0.1) is 5.41 Å². The molecule has 0 saturated carbocycles. The fraction of sp³-hybridized carbons (Fsp3) is 0.350. The molecule has 0 aliphatic carbocycles. The Labute approximate surface area is 136 Å². The van der Waals surface area contributed by atoms with Crippen molar-refractivity contribution in [3.63, 3.8) is 0 Å². The van der Waals surface area contributed by atoms with E-state index >= 15 is 0 Å². The van der Waals surface area contributed by atoms with Gasteiger partial charge in [-0.15, -0.1) is 0 Å². The Hall–Kier alpha value is -2.13. The minimum absolute atomic E-state index is 0.0355. The maximum Gasteiger partial charge on any atom is 0.148 e. The quantitative estimate of drug-likeness (QED) is 0.869. The molecule has 0 fully saturated rings. The highest BCUT2D eigenvalue weighted by Gasteiger charge is 2.46. The van der Waals surface area contributed by atoms with Crippen LogP contribution in [0, 0.1) is 0 Å². The van der Waals surface area contributed by atoms with E-state index in [9.17, 15) is 4.79 Å². The Bertz CT molecular complexity index is 660. The molecule has 1 aliphatic rings. The van der Waals surface area contributed by atoms with Gasteiger partial charge in [-0.25, -0.2) is 0 Å². The second-order valence-corrected chi connectivity index (χ2v) is 6.00. The Morgan fingerprint density at radius 2 is 1.61 bits per heavy atom. The van der Waals surface area contributed by atoms with E-state index in [1.165, 1.54) is 0 Å². The molecule has 1 aliphatic heterocycles. The Balaban J connectivity index is 2.22. The summed E-state index contributed by atoms with van der Waals surface area (Å²) in [4.78, 5) is 13.2. The molecule has 1 heterocycles. The molecule has 2 aromatic rings. The van der Waals surface area contributed by atoms with Gasteiger partial charge in [-0.1, -0.05) is 49.7 Å². The summed E-state index contributed by atoms with van der Waals surface area (Å²) in [5.41, 5.74) is 1.22. The lowest BCUT2D eigenvalue weighted by atomic mass is 9.66. The van der Waals surface area contributed by atoms with Crippen LogP contribution < -0.4 is 4.74 Å². The number of aliphatic hydroxyl groups excluding tert-OH is 1. The van der Waals surface area contributed by atoms with E-state index in [0.29, 0.717) is 12.8 Å². The van der Waals surface area contributed by atoms with Crippen LogP contribution in [0.1, 0.15) is 43.7 Å². The number of fused-ring (bicyclic) bond motifs is 2. The second kappa shape index (κ2) is 6.55. The zero-order chi connectivity index (χ0) is 16.3. The number of hydrogen-bond donors (Lipinski definition) is 1. The molecule has 0 unspecified atom stereocenters. The van der Waals surface area contributed by atoms with Gasteiger partial charge in [0.1, 0.15) is 17.3 Å². The second-order valence-electron chi connectivity index (χ2n) is 6.00. The normalized spacial score (nSPS) is 14.5. The van der Waals surface area contributed by atoms with Gasteiger partial charge in [-0.05, 0) is 25.0 Å². The van der Waals surface area contributed by atoms with Crippen LogP contribution in [0.3, 0.4) is 0 Å². The van der Waals surface area contributed by atoms with Crippen molar-refractivity contribution in [3.8, 4) is 11.5 Å². The van der Waals surface area contributed by atoms with Crippen LogP contribution in [0.15, 0.2) is 48.5 Å². The predicted octanol–water partition coefficient (Wildman–Crippen LogP) is 4.22. The third kappa shape index (κ3) is 2.55. The smallest absolute Gasteiger partial charge is 0.148 e. The molecule has 3 heteroatoms. The lowest BCUT2D eigenvalue weighted by Crippen LogP contribution is -2.39. The molecule has 23 heavy (non-hydrogen) atoms. The summed E-state index contributed by atoms with van der Waals surface area (Å²) < 4.78 is 6.03. The Kier molecular flexibility index (Phi) is 4.49. The van der Waals surface area contributed by atoms with Gasteiger partial charge in [0.2, 0.25) is 0 Å². The molecule has 0 saturated heterocycles. The number of benzene rings is 2. The lowest BCUT2D eigenvalue weighted by molar-refractivity contribution is -0.124. The highest BCUT2D eigenvalue weighted by Crippen LogP contribution is 2.51. The lowest BCUT2D eigenvalue weighted by Gasteiger charge is -2.39.